The largest absolute Gasteiger partial charge is 0.756 e. The minimum absolute atomic E-state index is 0.0516. The number of ether oxygens (including phenoxy) is 1. The fourth-order valence-corrected chi connectivity index (χ4v) is 8.51. The van der Waals surface area contributed by atoms with Crippen LogP contribution in [-0.4, -0.2) is 69.4 Å². The van der Waals surface area contributed by atoms with E-state index < -0.39 is 32.5 Å². The van der Waals surface area contributed by atoms with Gasteiger partial charge < -0.3 is 28.5 Å². The average molecular weight is 1110 g/mol. The Labute approximate surface area is 484 Å². The van der Waals surface area contributed by atoms with Crippen LogP contribution in [0.4, 0.5) is 0 Å². The van der Waals surface area contributed by atoms with Crippen molar-refractivity contribution in [3.63, 3.8) is 0 Å². The van der Waals surface area contributed by atoms with Gasteiger partial charge in [-0.25, -0.2) is 0 Å². The molecule has 446 valence electrons. The summed E-state index contributed by atoms with van der Waals surface area (Å²) in [5.41, 5.74) is 0. The second-order valence-electron chi connectivity index (χ2n) is 21.1. The highest BCUT2D eigenvalue weighted by Gasteiger charge is 2.27. The number of phosphoric ester groups is 1. The summed E-state index contributed by atoms with van der Waals surface area (Å²) in [5.74, 6) is -0.704. The lowest BCUT2D eigenvalue weighted by atomic mass is 10.0. The molecule has 0 spiro atoms. The van der Waals surface area contributed by atoms with Crippen LogP contribution in [-0.2, 0) is 27.9 Å². The molecular formula is C69H113N2O7P. The molecule has 3 unspecified atom stereocenters. The average Bonchev–Trinajstić information content (AvgIpc) is 3.41. The molecule has 0 saturated carbocycles. The van der Waals surface area contributed by atoms with Gasteiger partial charge in [0, 0.05) is 12.8 Å². The number of nitrogens with one attached hydrogen (secondary N) is 1. The molecule has 0 aliphatic heterocycles. The lowest BCUT2D eigenvalue weighted by Crippen LogP contribution is -2.47. The molecule has 0 aromatic heterocycles. The quantitative estimate of drug-likeness (QED) is 0.0212. The van der Waals surface area contributed by atoms with E-state index in [4.69, 9.17) is 13.8 Å². The molecule has 0 aromatic rings. The summed E-state index contributed by atoms with van der Waals surface area (Å²) in [6.07, 6.45) is 83.7. The minimum atomic E-state index is -4.74. The number of rotatable bonds is 53. The van der Waals surface area contributed by atoms with Gasteiger partial charge in [-0.15, -0.1) is 0 Å². The topological polar surface area (TPSA) is 114 Å². The number of unbranched alkanes of at least 4 members (excludes halogenated alkanes) is 13. The Balaban J connectivity index is 5.52. The highest BCUT2D eigenvalue weighted by atomic mass is 31.2. The summed E-state index contributed by atoms with van der Waals surface area (Å²) in [6, 6.07) is -0.955. The van der Waals surface area contributed by atoms with Crippen LogP contribution in [0, 0.1) is 0 Å². The predicted molar refractivity (Wildman–Crippen MR) is 339 cm³/mol. The second-order valence-corrected chi connectivity index (χ2v) is 22.5. The number of allylic oxidation sites excluding steroid dienone is 25. The fourth-order valence-electron chi connectivity index (χ4n) is 7.78. The number of phosphoric acid groups is 1. The van der Waals surface area contributed by atoms with Gasteiger partial charge >= 0.3 is 5.97 Å². The number of hydrogen-bond acceptors (Lipinski definition) is 7. The van der Waals surface area contributed by atoms with Gasteiger partial charge in [0.05, 0.1) is 33.8 Å². The van der Waals surface area contributed by atoms with Crippen molar-refractivity contribution >= 4 is 19.7 Å². The van der Waals surface area contributed by atoms with Gasteiger partial charge in [0.25, 0.3) is 7.82 Å². The summed E-state index contributed by atoms with van der Waals surface area (Å²) < 4.78 is 30.2. The Morgan fingerprint density at radius 3 is 1.24 bits per heavy atom. The molecule has 1 amide bonds. The number of carbonyl (C=O) groups excluding carboxylic acids is 2. The molecule has 9 nitrogen and oxygen atoms in total. The van der Waals surface area contributed by atoms with Crippen LogP contribution in [0.25, 0.3) is 0 Å². The highest BCUT2D eigenvalue weighted by molar-refractivity contribution is 7.45. The lowest BCUT2D eigenvalue weighted by molar-refractivity contribution is -0.870. The zero-order valence-corrected chi connectivity index (χ0v) is 51.6. The van der Waals surface area contributed by atoms with E-state index in [1.807, 2.05) is 39.4 Å². The molecule has 0 aromatic carbocycles. The van der Waals surface area contributed by atoms with Crippen molar-refractivity contribution in [2.45, 2.75) is 226 Å². The first-order chi connectivity index (χ1) is 38.4. The van der Waals surface area contributed by atoms with Crippen LogP contribution >= 0.6 is 7.82 Å². The van der Waals surface area contributed by atoms with Gasteiger partial charge in [-0.3, -0.25) is 14.2 Å². The summed E-state index contributed by atoms with van der Waals surface area (Å²) >= 11 is 0. The van der Waals surface area contributed by atoms with Gasteiger partial charge in [-0.1, -0.05) is 237 Å². The van der Waals surface area contributed by atoms with E-state index in [1.54, 1.807) is 6.08 Å². The van der Waals surface area contributed by atoms with Crippen molar-refractivity contribution in [3.05, 3.63) is 158 Å². The third kappa shape index (κ3) is 58.1. The molecule has 0 saturated heterocycles. The van der Waals surface area contributed by atoms with Crippen molar-refractivity contribution in [2.75, 3.05) is 40.9 Å². The number of nitrogens with zero attached hydrogens (tertiary/aromatic N) is 1. The predicted octanol–water partition coefficient (Wildman–Crippen LogP) is 18.6. The van der Waals surface area contributed by atoms with Gasteiger partial charge in [0.1, 0.15) is 19.3 Å². The molecule has 0 fully saturated rings. The van der Waals surface area contributed by atoms with E-state index in [2.05, 4.69) is 160 Å². The van der Waals surface area contributed by atoms with Crippen LogP contribution in [0.2, 0.25) is 0 Å². The molecule has 10 heteroatoms. The van der Waals surface area contributed by atoms with Crippen molar-refractivity contribution in [1.29, 1.82) is 0 Å². The molecule has 79 heavy (non-hydrogen) atoms. The third-order valence-electron chi connectivity index (χ3n) is 12.5. The molecule has 0 aliphatic carbocycles. The molecule has 0 rings (SSSR count). The normalized spacial score (nSPS) is 14.8. The number of carbonyl (C=O) groups is 2. The fraction of sp³-hybridized carbons (Fsp3) is 0.594. The van der Waals surface area contributed by atoms with Gasteiger partial charge in [0.2, 0.25) is 5.91 Å². The Morgan fingerprint density at radius 2 is 0.823 bits per heavy atom. The first kappa shape index (κ1) is 74.6. The molecular weight excluding hydrogens is 1000 g/mol. The maximum absolute atomic E-state index is 13.5. The Morgan fingerprint density at radius 1 is 0.456 bits per heavy atom. The number of quaternary nitrogens is 1. The molecule has 0 heterocycles. The van der Waals surface area contributed by atoms with Crippen LogP contribution in [0.1, 0.15) is 213 Å². The van der Waals surface area contributed by atoms with E-state index in [0.717, 1.165) is 109 Å². The van der Waals surface area contributed by atoms with Crippen molar-refractivity contribution in [3.8, 4) is 0 Å². The zero-order valence-electron chi connectivity index (χ0n) is 50.8. The maximum atomic E-state index is 13.5. The smallest absolute Gasteiger partial charge is 0.306 e. The summed E-state index contributed by atoms with van der Waals surface area (Å²) in [4.78, 5) is 40.0. The molecule has 3 atom stereocenters. The molecule has 1 N–H and O–H groups in total. The molecule has 0 bridgehead atoms. The monoisotopic (exact) mass is 1110 g/mol. The second kappa shape index (κ2) is 56.9. The minimum Gasteiger partial charge on any atom is -0.756 e. The highest BCUT2D eigenvalue weighted by Crippen LogP contribution is 2.38. The van der Waals surface area contributed by atoms with E-state index in [-0.39, 0.29) is 25.4 Å². The van der Waals surface area contributed by atoms with Crippen LogP contribution in [0.5, 0.6) is 0 Å². The standard InChI is InChI=1S/C69H113N2O7P/c1-7-10-13-16-19-22-25-28-30-32-34-35-37-38-40-43-46-49-52-55-58-61-68(72)70-66(65-77-79(74,75)76-64-63-71(4,5)6)67(60-57-54-51-48-45-42-27-24-21-18-15-12-9-3)78-69(73)62-59-56-53-50-47-44-41-39-36-33-31-29-26-23-20-17-14-11-8-2/h10-11,13-14,19-20,22-23,28-31,34-36,38-40,44,46-47,49,53,56-57,60,66-67H,7-9,12,15-18,21,24-27,32-33,37,41-43,45,48,50-52,54-55,58-59,61-65H2,1-6H3,(H-,70,72,74,75)/b13-10-,14-11-,22-19-,23-20-,30-28-,31-29-,35-34-,39-36-,40-38-,47-44-,49-46-,56-53-,60-57+. The van der Waals surface area contributed by atoms with Crippen LogP contribution < -0.4 is 10.2 Å². The first-order valence-electron chi connectivity index (χ1n) is 30.8. The SMILES string of the molecule is CC/C=C\C/C=C\C/C=C\C/C=C\C/C=C\C/C=C\CCCCC(=O)NC(COP(=O)([O-])OCC[N+](C)(C)C)C(/C=C/CCCCCCCCCCCCC)OC(=O)CC/C=C\C/C=C\C/C=C\C/C=C\C/C=C\C/C=C\CC. The van der Waals surface area contributed by atoms with Crippen molar-refractivity contribution in [1.82, 2.24) is 5.32 Å². The Kier molecular flexibility index (Phi) is 53.7. The van der Waals surface area contributed by atoms with Crippen molar-refractivity contribution < 1.29 is 37.3 Å². The van der Waals surface area contributed by atoms with Crippen molar-refractivity contribution in [2.24, 2.45) is 0 Å². The van der Waals surface area contributed by atoms with E-state index in [9.17, 15) is 19.0 Å². The van der Waals surface area contributed by atoms with Gasteiger partial charge in [0.15, 0.2) is 0 Å². The number of amides is 1. The van der Waals surface area contributed by atoms with E-state index >= 15 is 0 Å². The van der Waals surface area contributed by atoms with Crippen LogP contribution in [0.15, 0.2) is 158 Å². The van der Waals surface area contributed by atoms with E-state index in [1.165, 1.54) is 57.8 Å². The lowest BCUT2D eigenvalue weighted by Gasteiger charge is -2.30. The maximum Gasteiger partial charge on any atom is 0.306 e. The van der Waals surface area contributed by atoms with Crippen LogP contribution in [0.3, 0.4) is 0 Å². The Hall–Kier alpha value is -4.37. The van der Waals surface area contributed by atoms with E-state index in [0.29, 0.717) is 23.9 Å². The number of likely N-dealkylation sites (N-methyl/N-ethyl adjacent to an activating group) is 1. The number of hydrogen-bond donors (Lipinski definition) is 1. The first-order valence-corrected chi connectivity index (χ1v) is 32.3. The van der Waals surface area contributed by atoms with Gasteiger partial charge in [-0.2, -0.15) is 0 Å². The molecule has 0 radical (unpaired) electrons. The zero-order chi connectivity index (χ0) is 57.9. The number of esters is 1. The third-order valence-corrected chi connectivity index (χ3v) is 13.4. The Bertz CT molecular complexity index is 1910. The summed E-state index contributed by atoms with van der Waals surface area (Å²) in [7, 11) is 1.09. The molecule has 0 aliphatic rings. The summed E-state index contributed by atoms with van der Waals surface area (Å²) in [5, 5.41) is 2.98. The van der Waals surface area contributed by atoms with Gasteiger partial charge in [-0.05, 0) is 122 Å². The summed E-state index contributed by atoms with van der Waals surface area (Å²) in [6.45, 7) is 6.50.